The molecular formula is C22H37IN6O. The fourth-order valence-corrected chi connectivity index (χ4v) is 3.52. The highest BCUT2D eigenvalue weighted by Gasteiger charge is 2.17. The van der Waals surface area contributed by atoms with E-state index in [1.54, 1.807) is 14.2 Å². The first-order valence-corrected chi connectivity index (χ1v) is 10.0. The van der Waals surface area contributed by atoms with E-state index in [2.05, 4.69) is 72.6 Å². The zero-order chi connectivity index (χ0) is 21.6. The summed E-state index contributed by atoms with van der Waals surface area (Å²) in [5.74, 6) is 1.67. The number of aliphatic imine (C=N–C) groups is 1. The Labute approximate surface area is 198 Å². The second kappa shape index (κ2) is 12.1. The molecule has 2 unspecified atom stereocenters. The predicted molar refractivity (Wildman–Crippen MR) is 135 cm³/mol. The quantitative estimate of drug-likeness (QED) is 0.313. The highest BCUT2D eigenvalue weighted by Crippen LogP contribution is 2.20. The molecule has 0 amide bonds. The molecule has 0 fully saturated rings. The number of hydrogen-bond acceptors (Lipinski definition) is 4. The fourth-order valence-electron chi connectivity index (χ4n) is 3.52. The number of hydrogen-bond donors (Lipinski definition) is 2. The van der Waals surface area contributed by atoms with Crippen LogP contribution in [0, 0.1) is 13.8 Å². The van der Waals surface area contributed by atoms with E-state index in [4.69, 9.17) is 4.74 Å². The second-order valence-electron chi connectivity index (χ2n) is 7.73. The second-order valence-corrected chi connectivity index (χ2v) is 7.73. The first kappa shape index (κ1) is 26.2. The molecule has 1 heterocycles. The van der Waals surface area contributed by atoms with Gasteiger partial charge in [-0.3, -0.25) is 9.67 Å². The van der Waals surface area contributed by atoms with Crippen molar-refractivity contribution in [1.29, 1.82) is 0 Å². The lowest BCUT2D eigenvalue weighted by Crippen LogP contribution is -2.45. The van der Waals surface area contributed by atoms with Crippen LogP contribution in [0.1, 0.15) is 35.5 Å². The first-order valence-electron chi connectivity index (χ1n) is 10.0. The average molecular weight is 528 g/mol. The Morgan fingerprint density at radius 3 is 2.33 bits per heavy atom. The summed E-state index contributed by atoms with van der Waals surface area (Å²) in [5.41, 5.74) is 4.83. The maximum absolute atomic E-state index is 5.27. The van der Waals surface area contributed by atoms with Gasteiger partial charge in [-0.2, -0.15) is 5.10 Å². The third-order valence-electron chi connectivity index (χ3n) is 5.36. The molecular weight excluding hydrogens is 491 g/mol. The lowest BCUT2D eigenvalue weighted by Gasteiger charge is -2.27. The van der Waals surface area contributed by atoms with E-state index < -0.39 is 0 Å². The molecule has 0 bridgehead atoms. The summed E-state index contributed by atoms with van der Waals surface area (Å²) in [5, 5.41) is 11.5. The van der Waals surface area contributed by atoms with E-state index in [9.17, 15) is 0 Å². The van der Waals surface area contributed by atoms with Crippen LogP contribution in [0.2, 0.25) is 0 Å². The molecule has 0 aliphatic heterocycles. The molecule has 2 atom stereocenters. The van der Waals surface area contributed by atoms with Crippen molar-refractivity contribution >= 4 is 29.9 Å². The molecule has 0 aliphatic rings. The normalized spacial score (nSPS) is 13.6. The van der Waals surface area contributed by atoms with Crippen LogP contribution in [0.4, 0.5) is 0 Å². The number of rotatable bonds is 8. The van der Waals surface area contributed by atoms with Gasteiger partial charge in [0, 0.05) is 32.4 Å². The van der Waals surface area contributed by atoms with Crippen LogP contribution in [0.5, 0.6) is 5.75 Å². The van der Waals surface area contributed by atoms with Gasteiger partial charge in [-0.25, -0.2) is 0 Å². The van der Waals surface area contributed by atoms with E-state index in [1.807, 2.05) is 23.9 Å². The molecule has 1 aromatic heterocycles. The van der Waals surface area contributed by atoms with Crippen LogP contribution in [-0.2, 0) is 13.5 Å². The average Bonchev–Trinajstić information content (AvgIpc) is 2.93. The third kappa shape index (κ3) is 6.87. The summed E-state index contributed by atoms with van der Waals surface area (Å²) in [4.78, 5) is 6.61. The van der Waals surface area contributed by atoms with Gasteiger partial charge < -0.3 is 20.3 Å². The lowest BCUT2D eigenvalue weighted by molar-refractivity contribution is 0.297. The van der Waals surface area contributed by atoms with Crippen molar-refractivity contribution in [2.24, 2.45) is 12.0 Å². The van der Waals surface area contributed by atoms with Crippen LogP contribution in [0.25, 0.3) is 0 Å². The standard InChI is InChI=1S/C22H36N6O.HI/c1-15(13-20-16(2)26-28(7)17(20)3)25-22(23-4)24-14-21(27(5)6)18-9-11-19(29-8)12-10-18;/h9-12,15,21H,13-14H2,1-8H3,(H2,23,24,25);1H. The number of guanidine groups is 1. The summed E-state index contributed by atoms with van der Waals surface area (Å²) >= 11 is 0. The van der Waals surface area contributed by atoms with Crippen molar-refractivity contribution in [3.63, 3.8) is 0 Å². The minimum Gasteiger partial charge on any atom is -0.497 e. The minimum atomic E-state index is 0. The molecule has 168 valence electrons. The van der Waals surface area contributed by atoms with E-state index in [0.29, 0.717) is 0 Å². The monoisotopic (exact) mass is 528 g/mol. The molecule has 0 radical (unpaired) electrons. The molecule has 2 aromatic rings. The van der Waals surface area contributed by atoms with Crippen molar-refractivity contribution in [1.82, 2.24) is 25.3 Å². The zero-order valence-electron chi connectivity index (χ0n) is 19.5. The SMILES string of the molecule is CN=C(NCC(c1ccc(OC)cc1)N(C)C)NC(C)Cc1c(C)nn(C)c1C.I. The van der Waals surface area contributed by atoms with Gasteiger partial charge in [0.2, 0.25) is 0 Å². The number of nitrogens with zero attached hydrogens (tertiary/aromatic N) is 4. The van der Waals surface area contributed by atoms with Gasteiger partial charge in [-0.1, -0.05) is 12.1 Å². The highest BCUT2D eigenvalue weighted by molar-refractivity contribution is 14.0. The van der Waals surface area contributed by atoms with Crippen molar-refractivity contribution in [3.05, 3.63) is 46.8 Å². The van der Waals surface area contributed by atoms with Crippen LogP contribution in [0.15, 0.2) is 29.3 Å². The maximum atomic E-state index is 5.27. The molecule has 30 heavy (non-hydrogen) atoms. The van der Waals surface area contributed by atoms with E-state index in [0.717, 1.165) is 30.4 Å². The Bertz CT molecular complexity index is 816. The summed E-state index contributed by atoms with van der Waals surface area (Å²) < 4.78 is 7.22. The number of methoxy groups -OCH3 is 1. The van der Waals surface area contributed by atoms with Gasteiger partial charge in [0.25, 0.3) is 0 Å². The fraction of sp³-hybridized carbons (Fsp3) is 0.545. The Hall–Kier alpha value is -1.81. The van der Waals surface area contributed by atoms with Crippen LogP contribution >= 0.6 is 24.0 Å². The van der Waals surface area contributed by atoms with Crippen molar-refractivity contribution in [3.8, 4) is 5.75 Å². The number of halogens is 1. The summed E-state index contributed by atoms with van der Waals surface area (Å²) in [6, 6.07) is 8.67. The largest absolute Gasteiger partial charge is 0.497 e. The van der Waals surface area contributed by atoms with E-state index in [1.165, 1.54) is 16.8 Å². The van der Waals surface area contributed by atoms with Crippen LogP contribution < -0.4 is 15.4 Å². The Morgan fingerprint density at radius 2 is 1.87 bits per heavy atom. The lowest BCUT2D eigenvalue weighted by atomic mass is 10.1. The number of aryl methyl sites for hydroxylation is 2. The van der Waals surface area contributed by atoms with Crippen molar-refractivity contribution in [2.75, 3.05) is 34.8 Å². The molecule has 8 heteroatoms. The first-order chi connectivity index (χ1) is 13.8. The molecule has 0 saturated carbocycles. The zero-order valence-corrected chi connectivity index (χ0v) is 21.8. The summed E-state index contributed by atoms with van der Waals surface area (Å²) in [7, 11) is 9.66. The van der Waals surface area contributed by atoms with Crippen LogP contribution in [0.3, 0.4) is 0 Å². The van der Waals surface area contributed by atoms with Crippen molar-refractivity contribution < 1.29 is 4.74 Å². The molecule has 2 N–H and O–H groups in total. The number of ether oxygens (including phenoxy) is 1. The summed E-state index contributed by atoms with van der Waals surface area (Å²) in [6.07, 6.45) is 0.905. The summed E-state index contributed by atoms with van der Waals surface area (Å²) in [6.45, 7) is 7.10. The molecule has 1 aromatic carbocycles. The maximum Gasteiger partial charge on any atom is 0.191 e. The Kier molecular flexibility index (Phi) is 10.6. The molecule has 0 saturated heterocycles. The van der Waals surface area contributed by atoms with E-state index >= 15 is 0 Å². The number of aromatic nitrogens is 2. The molecule has 0 aliphatic carbocycles. The molecule has 0 spiro atoms. The van der Waals surface area contributed by atoms with Crippen LogP contribution in [-0.4, -0.2) is 61.5 Å². The minimum absolute atomic E-state index is 0. The van der Waals surface area contributed by atoms with Crippen molar-refractivity contribution in [2.45, 2.75) is 39.3 Å². The van der Waals surface area contributed by atoms with Gasteiger partial charge in [-0.05, 0) is 64.5 Å². The third-order valence-corrected chi connectivity index (χ3v) is 5.36. The Morgan fingerprint density at radius 1 is 1.23 bits per heavy atom. The molecule has 2 rings (SSSR count). The van der Waals surface area contributed by atoms with E-state index in [-0.39, 0.29) is 36.1 Å². The predicted octanol–water partition coefficient (Wildman–Crippen LogP) is 3.06. The number of nitrogens with one attached hydrogen (secondary N) is 2. The topological polar surface area (TPSA) is 66.7 Å². The number of benzene rings is 1. The smallest absolute Gasteiger partial charge is 0.191 e. The van der Waals surface area contributed by atoms with Gasteiger partial charge in [0.1, 0.15) is 5.75 Å². The van der Waals surface area contributed by atoms with Gasteiger partial charge in [-0.15, -0.1) is 24.0 Å². The Balaban J connectivity index is 0.00000450. The highest BCUT2D eigenvalue weighted by atomic mass is 127. The van der Waals surface area contributed by atoms with Gasteiger partial charge in [0.15, 0.2) is 5.96 Å². The van der Waals surface area contributed by atoms with Gasteiger partial charge >= 0.3 is 0 Å². The number of likely N-dealkylation sites (N-methyl/N-ethyl adjacent to an activating group) is 1. The molecule has 7 nitrogen and oxygen atoms in total. The van der Waals surface area contributed by atoms with Gasteiger partial charge in [0.05, 0.1) is 18.8 Å².